The highest BCUT2D eigenvalue weighted by atomic mass is 35.5. The van der Waals surface area contributed by atoms with Gasteiger partial charge in [-0.05, 0) is 47.9 Å². The molecule has 27 heavy (non-hydrogen) atoms. The van der Waals surface area contributed by atoms with Crippen molar-refractivity contribution in [1.29, 1.82) is 0 Å². The lowest BCUT2D eigenvalue weighted by Crippen LogP contribution is -2.34. The smallest absolute Gasteiger partial charge is 0.254 e. The van der Waals surface area contributed by atoms with E-state index in [0.29, 0.717) is 12.5 Å². The molecule has 0 spiro atoms. The number of rotatable bonds is 7. The van der Waals surface area contributed by atoms with Crippen LogP contribution in [0.25, 0.3) is 0 Å². The summed E-state index contributed by atoms with van der Waals surface area (Å²) in [6, 6.07) is 21.5. The third kappa shape index (κ3) is 5.24. The summed E-state index contributed by atoms with van der Waals surface area (Å²) in [5, 5.41) is 0.738. The van der Waals surface area contributed by atoms with Crippen LogP contribution in [0.3, 0.4) is 0 Å². The van der Waals surface area contributed by atoms with E-state index in [4.69, 9.17) is 11.6 Å². The summed E-state index contributed by atoms with van der Waals surface area (Å²) in [7, 11) is 0. The Kier molecular flexibility index (Phi) is 6.36. The van der Waals surface area contributed by atoms with Crippen molar-refractivity contribution < 1.29 is 4.79 Å². The van der Waals surface area contributed by atoms with Crippen LogP contribution < -0.4 is 0 Å². The summed E-state index contributed by atoms with van der Waals surface area (Å²) in [5.41, 5.74) is 2.98. The van der Waals surface area contributed by atoms with E-state index < -0.39 is 0 Å². The van der Waals surface area contributed by atoms with Crippen LogP contribution in [0.1, 0.15) is 35.5 Å². The van der Waals surface area contributed by atoms with E-state index in [1.54, 1.807) is 0 Å². The lowest BCUT2D eigenvalue weighted by molar-refractivity contribution is 0.0719. The van der Waals surface area contributed by atoms with Gasteiger partial charge in [0, 0.05) is 35.6 Å². The number of benzene rings is 2. The van der Waals surface area contributed by atoms with Gasteiger partial charge >= 0.3 is 0 Å². The van der Waals surface area contributed by atoms with E-state index in [-0.39, 0.29) is 5.91 Å². The molecule has 0 aliphatic heterocycles. The van der Waals surface area contributed by atoms with Crippen molar-refractivity contribution in [2.24, 2.45) is 5.92 Å². The molecule has 1 aromatic heterocycles. The number of amides is 1. The summed E-state index contributed by atoms with van der Waals surface area (Å²) in [4.78, 5) is 15.0. The fraction of sp³-hybridized carbons (Fsp3) is 0.261. The molecule has 4 heteroatoms. The molecule has 0 aliphatic carbocycles. The maximum atomic E-state index is 13.0. The van der Waals surface area contributed by atoms with Gasteiger partial charge in [0.05, 0.1) is 6.54 Å². The third-order valence-corrected chi connectivity index (χ3v) is 4.65. The van der Waals surface area contributed by atoms with Crippen molar-refractivity contribution in [3.63, 3.8) is 0 Å². The van der Waals surface area contributed by atoms with Crippen LogP contribution >= 0.6 is 11.6 Å². The maximum absolute atomic E-state index is 13.0. The largest absolute Gasteiger partial charge is 0.345 e. The molecule has 1 heterocycles. The second-order valence-electron chi connectivity index (χ2n) is 7.20. The molecule has 0 saturated carbocycles. The standard InChI is InChI=1S/C23H25ClN2O/c1-18(2)15-26(23(27)20-9-4-3-5-10-20)17-22-12-7-13-25(22)16-19-8-6-11-21(24)14-19/h3-14,18H,15-17H2,1-2H3. The minimum absolute atomic E-state index is 0.0693. The molecule has 0 N–H and O–H groups in total. The van der Waals surface area contributed by atoms with Gasteiger partial charge in [-0.25, -0.2) is 0 Å². The van der Waals surface area contributed by atoms with Crippen molar-refractivity contribution >= 4 is 17.5 Å². The molecule has 3 aromatic rings. The Hall–Kier alpha value is -2.52. The van der Waals surface area contributed by atoms with E-state index in [9.17, 15) is 4.79 Å². The van der Waals surface area contributed by atoms with Gasteiger partial charge in [0.2, 0.25) is 0 Å². The van der Waals surface area contributed by atoms with Crippen LogP contribution in [-0.4, -0.2) is 21.9 Å². The number of aromatic nitrogens is 1. The zero-order valence-electron chi connectivity index (χ0n) is 15.8. The van der Waals surface area contributed by atoms with Gasteiger partial charge in [-0.2, -0.15) is 0 Å². The Morgan fingerprint density at radius 2 is 1.81 bits per heavy atom. The van der Waals surface area contributed by atoms with Crippen LogP contribution in [0.5, 0.6) is 0 Å². The summed E-state index contributed by atoms with van der Waals surface area (Å²) in [6.07, 6.45) is 2.05. The molecule has 0 aliphatic rings. The molecule has 0 bridgehead atoms. The SMILES string of the molecule is CC(C)CN(Cc1cccn1Cc1cccc(Cl)c1)C(=O)c1ccccc1. The molecule has 140 valence electrons. The highest BCUT2D eigenvalue weighted by Gasteiger charge is 2.18. The number of halogens is 1. The zero-order valence-corrected chi connectivity index (χ0v) is 16.6. The molecular formula is C23H25ClN2O. The number of hydrogen-bond acceptors (Lipinski definition) is 1. The van der Waals surface area contributed by atoms with Crippen molar-refractivity contribution in [3.8, 4) is 0 Å². The molecule has 3 rings (SSSR count). The predicted molar refractivity (Wildman–Crippen MR) is 111 cm³/mol. The Morgan fingerprint density at radius 1 is 1.04 bits per heavy atom. The highest BCUT2D eigenvalue weighted by Crippen LogP contribution is 2.16. The zero-order chi connectivity index (χ0) is 19.2. The van der Waals surface area contributed by atoms with Gasteiger partial charge in [-0.3, -0.25) is 4.79 Å². The monoisotopic (exact) mass is 380 g/mol. The molecule has 0 saturated heterocycles. The number of carbonyl (C=O) groups is 1. The van der Waals surface area contributed by atoms with Crippen LogP contribution in [0.2, 0.25) is 5.02 Å². The van der Waals surface area contributed by atoms with Crippen molar-refractivity contribution in [3.05, 3.63) is 94.8 Å². The first kappa shape index (κ1) is 19.2. The summed E-state index contributed by atoms with van der Waals surface area (Å²) >= 11 is 6.11. The van der Waals surface area contributed by atoms with E-state index in [2.05, 4.69) is 36.7 Å². The van der Waals surface area contributed by atoms with E-state index in [1.165, 1.54) is 0 Å². The van der Waals surface area contributed by atoms with Crippen molar-refractivity contribution in [2.45, 2.75) is 26.9 Å². The number of carbonyl (C=O) groups excluding carboxylic acids is 1. The molecule has 2 aromatic carbocycles. The summed E-state index contributed by atoms with van der Waals surface area (Å²) in [6.45, 7) is 6.31. The van der Waals surface area contributed by atoms with E-state index >= 15 is 0 Å². The van der Waals surface area contributed by atoms with Gasteiger partial charge in [-0.15, -0.1) is 0 Å². The topological polar surface area (TPSA) is 25.2 Å². The minimum atomic E-state index is 0.0693. The Labute approximate surface area is 166 Å². The predicted octanol–water partition coefficient (Wildman–Crippen LogP) is 5.49. The average Bonchev–Trinajstić information content (AvgIpc) is 3.07. The van der Waals surface area contributed by atoms with E-state index in [0.717, 1.165) is 34.9 Å². The lowest BCUT2D eigenvalue weighted by Gasteiger charge is -2.25. The second-order valence-corrected chi connectivity index (χ2v) is 7.64. The quantitative estimate of drug-likeness (QED) is 0.532. The first-order valence-electron chi connectivity index (χ1n) is 9.25. The number of hydrogen-bond donors (Lipinski definition) is 0. The molecule has 0 unspecified atom stereocenters. The molecule has 1 amide bonds. The van der Waals surface area contributed by atoms with Crippen LogP contribution in [-0.2, 0) is 13.1 Å². The van der Waals surface area contributed by atoms with Crippen LogP contribution in [0.15, 0.2) is 72.9 Å². The van der Waals surface area contributed by atoms with Gasteiger partial charge in [0.1, 0.15) is 0 Å². The minimum Gasteiger partial charge on any atom is -0.345 e. The Bertz CT molecular complexity index is 886. The van der Waals surface area contributed by atoms with Gasteiger partial charge in [0.25, 0.3) is 5.91 Å². The molecule has 3 nitrogen and oxygen atoms in total. The van der Waals surface area contributed by atoms with Crippen molar-refractivity contribution in [2.75, 3.05) is 6.54 Å². The lowest BCUT2D eigenvalue weighted by atomic mass is 10.1. The van der Waals surface area contributed by atoms with Gasteiger partial charge in [-0.1, -0.05) is 55.8 Å². The average molecular weight is 381 g/mol. The second kappa shape index (κ2) is 8.92. The first-order valence-corrected chi connectivity index (χ1v) is 9.63. The fourth-order valence-corrected chi connectivity index (χ4v) is 3.41. The van der Waals surface area contributed by atoms with Crippen molar-refractivity contribution in [1.82, 2.24) is 9.47 Å². The Morgan fingerprint density at radius 3 is 2.52 bits per heavy atom. The van der Waals surface area contributed by atoms with Gasteiger partial charge in [0.15, 0.2) is 0 Å². The van der Waals surface area contributed by atoms with E-state index in [1.807, 2.05) is 59.5 Å². The third-order valence-electron chi connectivity index (χ3n) is 4.41. The fourth-order valence-electron chi connectivity index (χ4n) is 3.20. The summed E-state index contributed by atoms with van der Waals surface area (Å²) in [5.74, 6) is 0.466. The highest BCUT2D eigenvalue weighted by molar-refractivity contribution is 6.30. The maximum Gasteiger partial charge on any atom is 0.254 e. The molecule has 0 radical (unpaired) electrons. The Balaban J connectivity index is 1.80. The molecule has 0 fully saturated rings. The molecular weight excluding hydrogens is 356 g/mol. The van der Waals surface area contributed by atoms with Crippen LogP contribution in [0.4, 0.5) is 0 Å². The number of nitrogens with zero attached hydrogens (tertiary/aromatic N) is 2. The van der Waals surface area contributed by atoms with Crippen LogP contribution in [0, 0.1) is 5.92 Å². The molecule has 0 atom stereocenters. The summed E-state index contributed by atoms with van der Waals surface area (Å²) < 4.78 is 2.18. The normalized spacial score (nSPS) is 11.0. The first-order chi connectivity index (χ1) is 13.0. The van der Waals surface area contributed by atoms with Gasteiger partial charge < -0.3 is 9.47 Å².